The predicted molar refractivity (Wildman–Crippen MR) is 84.9 cm³/mol. The molecule has 0 aromatic carbocycles. The van der Waals surface area contributed by atoms with Gasteiger partial charge in [0.2, 0.25) is 10.0 Å². The minimum atomic E-state index is -3.12. The maximum Gasteiger partial charge on any atom is 0.214 e. The number of hydrogen-bond acceptors (Lipinski definition) is 4. The highest BCUT2D eigenvalue weighted by molar-refractivity contribution is 7.89. The Labute approximate surface area is 129 Å². The Morgan fingerprint density at radius 3 is 2.43 bits per heavy atom. The number of likely N-dealkylation sites (tertiary alicyclic amines) is 1. The predicted octanol–water partition coefficient (Wildman–Crippen LogP) is 1.69. The maximum atomic E-state index is 12.6. The van der Waals surface area contributed by atoms with E-state index in [-0.39, 0.29) is 11.8 Å². The smallest absolute Gasteiger partial charge is 0.214 e. The van der Waals surface area contributed by atoms with Gasteiger partial charge in [-0.05, 0) is 45.2 Å². The molecule has 124 valence electrons. The minimum Gasteiger partial charge on any atom is -0.381 e. The number of piperidine rings is 1. The van der Waals surface area contributed by atoms with Gasteiger partial charge in [0.15, 0.2) is 0 Å². The molecule has 0 aromatic rings. The Kier molecular flexibility index (Phi) is 6.92. The third-order valence-corrected chi connectivity index (χ3v) is 6.62. The normalized spacial score (nSPS) is 22.8. The molecule has 2 aliphatic heterocycles. The summed E-state index contributed by atoms with van der Waals surface area (Å²) in [5, 5.41) is 0. The van der Waals surface area contributed by atoms with Gasteiger partial charge in [0, 0.05) is 32.3 Å². The number of hydrogen-bond donors (Lipinski definition) is 0. The van der Waals surface area contributed by atoms with Crippen LogP contribution in [0.2, 0.25) is 0 Å². The topological polar surface area (TPSA) is 49.9 Å². The molecule has 0 unspecified atom stereocenters. The van der Waals surface area contributed by atoms with E-state index < -0.39 is 10.0 Å². The third kappa shape index (κ3) is 5.20. The average Bonchev–Trinajstić information content (AvgIpc) is 2.49. The van der Waals surface area contributed by atoms with E-state index in [0.29, 0.717) is 26.2 Å². The average molecular weight is 318 g/mol. The van der Waals surface area contributed by atoms with E-state index in [1.807, 2.05) is 6.92 Å². The lowest BCUT2D eigenvalue weighted by Gasteiger charge is -2.35. The number of sulfonamides is 1. The highest BCUT2D eigenvalue weighted by Gasteiger charge is 2.30. The summed E-state index contributed by atoms with van der Waals surface area (Å²) in [6.07, 6.45) is 6.17. The van der Waals surface area contributed by atoms with Gasteiger partial charge in [0.05, 0.1) is 5.75 Å². The van der Waals surface area contributed by atoms with E-state index in [1.54, 1.807) is 4.31 Å². The standard InChI is InChI=1S/C15H30N2O3S/c1-2-14-21(18,19)17(15-6-12-20-13-7-15)11-10-16-8-4-3-5-9-16/h15H,2-14H2,1H3. The quantitative estimate of drug-likeness (QED) is 0.717. The molecular weight excluding hydrogens is 288 g/mol. The highest BCUT2D eigenvalue weighted by atomic mass is 32.2. The first-order valence-electron chi connectivity index (χ1n) is 8.43. The number of ether oxygens (including phenoxy) is 1. The molecule has 0 radical (unpaired) electrons. The molecule has 2 aliphatic rings. The molecule has 0 aromatic heterocycles. The van der Waals surface area contributed by atoms with E-state index in [0.717, 1.165) is 32.5 Å². The van der Waals surface area contributed by atoms with E-state index in [9.17, 15) is 8.42 Å². The molecule has 2 heterocycles. The lowest BCUT2D eigenvalue weighted by Crippen LogP contribution is -2.48. The monoisotopic (exact) mass is 318 g/mol. The molecule has 0 saturated carbocycles. The van der Waals surface area contributed by atoms with E-state index in [2.05, 4.69) is 4.90 Å². The summed E-state index contributed by atoms with van der Waals surface area (Å²) in [6, 6.07) is 0.139. The van der Waals surface area contributed by atoms with E-state index >= 15 is 0 Å². The molecule has 6 heteroatoms. The van der Waals surface area contributed by atoms with Crippen molar-refractivity contribution in [1.29, 1.82) is 0 Å². The summed E-state index contributed by atoms with van der Waals surface area (Å²) in [7, 11) is -3.12. The van der Waals surface area contributed by atoms with Crippen LogP contribution in [-0.2, 0) is 14.8 Å². The van der Waals surface area contributed by atoms with Gasteiger partial charge in [0.25, 0.3) is 0 Å². The third-order valence-electron chi connectivity index (χ3n) is 4.50. The lowest BCUT2D eigenvalue weighted by molar-refractivity contribution is 0.0558. The van der Waals surface area contributed by atoms with Crippen LogP contribution in [0.5, 0.6) is 0 Å². The lowest BCUT2D eigenvalue weighted by atomic mass is 10.1. The van der Waals surface area contributed by atoms with Crippen molar-refractivity contribution in [2.75, 3.05) is 45.1 Å². The second kappa shape index (κ2) is 8.46. The van der Waals surface area contributed by atoms with Crippen LogP contribution in [0.3, 0.4) is 0 Å². The molecule has 5 nitrogen and oxygen atoms in total. The van der Waals surface area contributed by atoms with Crippen LogP contribution < -0.4 is 0 Å². The van der Waals surface area contributed by atoms with Crippen molar-refractivity contribution in [3.05, 3.63) is 0 Å². The van der Waals surface area contributed by atoms with Crippen LogP contribution >= 0.6 is 0 Å². The first-order valence-corrected chi connectivity index (χ1v) is 10.0. The van der Waals surface area contributed by atoms with Gasteiger partial charge in [-0.3, -0.25) is 0 Å². The SMILES string of the molecule is CCCS(=O)(=O)N(CCN1CCCCC1)C1CCOCC1. The van der Waals surface area contributed by atoms with Crippen molar-refractivity contribution in [1.82, 2.24) is 9.21 Å². The number of nitrogens with zero attached hydrogens (tertiary/aromatic N) is 2. The molecule has 0 amide bonds. The molecule has 2 rings (SSSR count). The Morgan fingerprint density at radius 1 is 1.14 bits per heavy atom. The second-order valence-electron chi connectivity index (χ2n) is 6.17. The van der Waals surface area contributed by atoms with Crippen LogP contribution in [0.25, 0.3) is 0 Å². The maximum absolute atomic E-state index is 12.6. The molecule has 0 atom stereocenters. The van der Waals surface area contributed by atoms with Crippen LogP contribution in [0.15, 0.2) is 0 Å². The van der Waals surface area contributed by atoms with Gasteiger partial charge >= 0.3 is 0 Å². The first-order chi connectivity index (χ1) is 10.1. The van der Waals surface area contributed by atoms with Crippen LogP contribution in [0.1, 0.15) is 45.4 Å². The summed E-state index contributed by atoms with van der Waals surface area (Å²) < 4.78 is 32.3. The summed E-state index contributed by atoms with van der Waals surface area (Å²) in [5.74, 6) is 0.268. The zero-order valence-corrected chi connectivity index (χ0v) is 14.1. The molecule has 2 saturated heterocycles. The minimum absolute atomic E-state index is 0.139. The van der Waals surface area contributed by atoms with Crippen molar-refractivity contribution in [3.63, 3.8) is 0 Å². The molecular formula is C15H30N2O3S. The van der Waals surface area contributed by atoms with Crippen molar-refractivity contribution in [2.45, 2.75) is 51.5 Å². The van der Waals surface area contributed by atoms with E-state index in [4.69, 9.17) is 4.74 Å². The molecule has 2 fully saturated rings. The molecule has 0 aliphatic carbocycles. The van der Waals surface area contributed by atoms with E-state index in [1.165, 1.54) is 19.3 Å². The Hall–Kier alpha value is -0.170. The largest absolute Gasteiger partial charge is 0.381 e. The van der Waals surface area contributed by atoms with Crippen molar-refractivity contribution < 1.29 is 13.2 Å². The van der Waals surface area contributed by atoms with Gasteiger partial charge in [-0.15, -0.1) is 0 Å². The fourth-order valence-electron chi connectivity index (χ4n) is 3.32. The van der Waals surface area contributed by atoms with Crippen LogP contribution in [0, 0.1) is 0 Å². The molecule has 0 N–H and O–H groups in total. The summed E-state index contributed by atoms with van der Waals surface area (Å²) in [4.78, 5) is 2.41. The van der Waals surface area contributed by atoms with Crippen molar-refractivity contribution in [2.24, 2.45) is 0 Å². The van der Waals surface area contributed by atoms with Crippen LogP contribution in [-0.4, -0.2) is 68.8 Å². The van der Waals surface area contributed by atoms with Gasteiger partial charge in [-0.1, -0.05) is 13.3 Å². The molecule has 0 spiro atoms. The van der Waals surface area contributed by atoms with Crippen molar-refractivity contribution in [3.8, 4) is 0 Å². The van der Waals surface area contributed by atoms with Crippen molar-refractivity contribution >= 4 is 10.0 Å². The fraction of sp³-hybridized carbons (Fsp3) is 1.00. The molecule has 0 bridgehead atoms. The van der Waals surface area contributed by atoms with Gasteiger partial charge in [0.1, 0.15) is 0 Å². The summed E-state index contributed by atoms with van der Waals surface area (Å²) in [6.45, 7) is 7.07. The zero-order chi connectivity index (χ0) is 15.1. The Morgan fingerprint density at radius 2 is 1.81 bits per heavy atom. The van der Waals surface area contributed by atoms with Gasteiger partial charge in [-0.2, -0.15) is 4.31 Å². The Bertz CT molecular complexity index is 388. The molecule has 21 heavy (non-hydrogen) atoms. The summed E-state index contributed by atoms with van der Waals surface area (Å²) >= 11 is 0. The summed E-state index contributed by atoms with van der Waals surface area (Å²) in [5.41, 5.74) is 0. The second-order valence-corrected chi connectivity index (χ2v) is 8.21. The first kappa shape index (κ1) is 17.2. The zero-order valence-electron chi connectivity index (χ0n) is 13.3. The Balaban J connectivity index is 1.96. The van der Waals surface area contributed by atoms with Gasteiger partial charge < -0.3 is 9.64 Å². The highest BCUT2D eigenvalue weighted by Crippen LogP contribution is 2.19. The number of rotatable bonds is 7. The van der Waals surface area contributed by atoms with Crippen LogP contribution in [0.4, 0.5) is 0 Å². The van der Waals surface area contributed by atoms with Gasteiger partial charge in [-0.25, -0.2) is 8.42 Å². The fourth-order valence-corrected chi connectivity index (χ4v) is 5.10.